The number of ether oxygens (including phenoxy) is 1. The minimum absolute atomic E-state index is 0.00177. The lowest BCUT2D eigenvalue weighted by Crippen LogP contribution is -2.11. The molecule has 0 aliphatic heterocycles. The first-order chi connectivity index (χ1) is 9.66. The van der Waals surface area contributed by atoms with Gasteiger partial charge < -0.3 is 10.5 Å². The monoisotopic (exact) mass is 306 g/mol. The van der Waals surface area contributed by atoms with E-state index in [4.69, 9.17) is 27.5 Å². The molecule has 2 rings (SSSR count). The molecule has 104 valence electrons. The molecule has 0 unspecified atom stereocenters. The molecular formula is C15H15ClN2OS. The minimum atomic E-state index is -0.00177. The van der Waals surface area contributed by atoms with E-state index in [0.29, 0.717) is 22.9 Å². The molecule has 0 saturated carbocycles. The molecule has 0 fully saturated rings. The fourth-order valence-electron chi connectivity index (χ4n) is 1.61. The molecule has 3 nitrogen and oxygen atoms in total. The van der Waals surface area contributed by atoms with Gasteiger partial charge in [-0.3, -0.25) is 5.41 Å². The number of nitrogen functional groups attached to an aromatic ring is 1. The van der Waals surface area contributed by atoms with E-state index in [1.165, 1.54) is 4.90 Å². The molecule has 0 aliphatic carbocycles. The van der Waals surface area contributed by atoms with Gasteiger partial charge in [-0.15, -0.1) is 11.8 Å². The fraction of sp³-hybridized carbons (Fsp3) is 0.133. The zero-order valence-corrected chi connectivity index (χ0v) is 12.4. The van der Waals surface area contributed by atoms with Gasteiger partial charge in [0.1, 0.15) is 11.6 Å². The quantitative estimate of drug-likeness (QED) is 0.369. The summed E-state index contributed by atoms with van der Waals surface area (Å²) in [4.78, 5) is 1.22. The van der Waals surface area contributed by atoms with Gasteiger partial charge in [-0.2, -0.15) is 0 Å². The first-order valence-electron chi connectivity index (χ1n) is 6.11. The van der Waals surface area contributed by atoms with Gasteiger partial charge in [0.2, 0.25) is 0 Å². The van der Waals surface area contributed by atoms with Crippen LogP contribution in [0.4, 0.5) is 0 Å². The number of rotatable bonds is 6. The number of nitrogens with one attached hydrogen (secondary N) is 1. The molecule has 0 heterocycles. The third-order valence-corrected chi connectivity index (χ3v) is 3.87. The summed E-state index contributed by atoms with van der Waals surface area (Å²) in [6.45, 7) is 0.568. The predicted molar refractivity (Wildman–Crippen MR) is 85.1 cm³/mol. The lowest BCUT2D eigenvalue weighted by Gasteiger charge is -2.09. The van der Waals surface area contributed by atoms with Crippen LogP contribution in [-0.2, 0) is 0 Å². The molecule has 5 heteroatoms. The van der Waals surface area contributed by atoms with Crippen molar-refractivity contribution in [3.8, 4) is 5.75 Å². The highest BCUT2D eigenvalue weighted by atomic mass is 35.5. The van der Waals surface area contributed by atoms with Crippen molar-refractivity contribution in [1.82, 2.24) is 0 Å². The first-order valence-corrected chi connectivity index (χ1v) is 7.48. The fourth-order valence-corrected chi connectivity index (χ4v) is 2.60. The summed E-state index contributed by atoms with van der Waals surface area (Å²) >= 11 is 7.82. The van der Waals surface area contributed by atoms with E-state index in [0.717, 1.165) is 5.75 Å². The second-order valence-corrected chi connectivity index (χ2v) is 5.64. The molecule has 3 N–H and O–H groups in total. The first kappa shape index (κ1) is 14.8. The van der Waals surface area contributed by atoms with Crippen molar-refractivity contribution in [3.63, 3.8) is 0 Å². The third kappa shape index (κ3) is 4.18. The zero-order valence-electron chi connectivity index (χ0n) is 10.8. The maximum atomic E-state index is 7.34. The lowest BCUT2D eigenvalue weighted by atomic mass is 10.2. The number of thioether (sulfide) groups is 1. The maximum absolute atomic E-state index is 7.34. The Morgan fingerprint density at radius 2 is 1.95 bits per heavy atom. The Labute approximate surface area is 127 Å². The molecular weight excluding hydrogens is 292 g/mol. The van der Waals surface area contributed by atoms with Crippen LogP contribution in [-0.4, -0.2) is 18.2 Å². The van der Waals surface area contributed by atoms with Gasteiger partial charge >= 0.3 is 0 Å². The largest absolute Gasteiger partial charge is 0.491 e. The van der Waals surface area contributed by atoms with E-state index in [-0.39, 0.29) is 5.84 Å². The van der Waals surface area contributed by atoms with Crippen LogP contribution in [0, 0.1) is 5.41 Å². The standard InChI is InChI=1S/C15H15ClN2OS/c16-13-10-11(15(17)18)6-7-14(13)19-8-9-20-12-4-2-1-3-5-12/h1-7,10H,8-9H2,(H3,17,18). The van der Waals surface area contributed by atoms with E-state index < -0.39 is 0 Å². The Bertz CT molecular complexity index is 590. The highest BCUT2D eigenvalue weighted by molar-refractivity contribution is 7.99. The molecule has 20 heavy (non-hydrogen) atoms. The van der Waals surface area contributed by atoms with Crippen LogP contribution in [0.2, 0.25) is 5.02 Å². The number of hydrogen-bond acceptors (Lipinski definition) is 3. The van der Waals surface area contributed by atoms with Crippen LogP contribution in [0.5, 0.6) is 5.75 Å². The second kappa shape index (κ2) is 7.22. The Morgan fingerprint density at radius 1 is 1.20 bits per heavy atom. The summed E-state index contributed by atoms with van der Waals surface area (Å²) in [6, 6.07) is 15.3. The molecule has 0 aliphatic rings. The number of halogens is 1. The zero-order chi connectivity index (χ0) is 14.4. The van der Waals surface area contributed by atoms with Crippen LogP contribution in [0.25, 0.3) is 0 Å². The van der Waals surface area contributed by atoms with Crippen molar-refractivity contribution in [2.75, 3.05) is 12.4 Å². The van der Waals surface area contributed by atoms with Crippen LogP contribution in [0.3, 0.4) is 0 Å². The second-order valence-electron chi connectivity index (χ2n) is 4.07. The maximum Gasteiger partial charge on any atom is 0.137 e. The smallest absolute Gasteiger partial charge is 0.137 e. The number of nitrogens with two attached hydrogens (primary N) is 1. The van der Waals surface area contributed by atoms with Gasteiger partial charge in [0.05, 0.1) is 11.6 Å². The number of benzene rings is 2. The molecule has 0 spiro atoms. The van der Waals surface area contributed by atoms with Gasteiger partial charge in [0.15, 0.2) is 0 Å². The molecule has 0 aromatic heterocycles. The van der Waals surface area contributed by atoms with Crippen LogP contribution in [0.1, 0.15) is 5.56 Å². The van der Waals surface area contributed by atoms with Gasteiger partial charge in [-0.1, -0.05) is 29.8 Å². The summed E-state index contributed by atoms with van der Waals surface area (Å²) in [7, 11) is 0. The predicted octanol–water partition coefficient (Wildman–Crippen LogP) is 3.80. The van der Waals surface area contributed by atoms with Crippen LogP contribution in [0.15, 0.2) is 53.4 Å². The SMILES string of the molecule is N=C(N)c1ccc(OCCSc2ccccc2)c(Cl)c1. The van der Waals surface area contributed by atoms with Gasteiger partial charge in [0.25, 0.3) is 0 Å². The number of hydrogen-bond donors (Lipinski definition) is 2. The van der Waals surface area contributed by atoms with Gasteiger partial charge in [0, 0.05) is 16.2 Å². The molecule has 0 bridgehead atoms. The molecule has 0 radical (unpaired) electrons. The van der Waals surface area contributed by atoms with Gasteiger partial charge in [-0.25, -0.2) is 0 Å². The topological polar surface area (TPSA) is 59.1 Å². The van der Waals surface area contributed by atoms with Crippen molar-refractivity contribution in [3.05, 3.63) is 59.1 Å². The highest BCUT2D eigenvalue weighted by Gasteiger charge is 2.04. The Balaban J connectivity index is 1.84. The third-order valence-electron chi connectivity index (χ3n) is 2.60. The Hall–Kier alpha value is -1.65. The minimum Gasteiger partial charge on any atom is -0.491 e. The summed E-state index contributed by atoms with van der Waals surface area (Å²) in [5.41, 5.74) is 6.00. The van der Waals surface area contributed by atoms with Gasteiger partial charge in [-0.05, 0) is 30.3 Å². The van der Waals surface area contributed by atoms with Crippen LogP contribution < -0.4 is 10.5 Å². The van der Waals surface area contributed by atoms with Crippen molar-refractivity contribution < 1.29 is 4.74 Å². The van der Waals surface area contributed by atoms with E-state index in [1.807, 2.05) is 18.2 Å². The Morgan fingerprint density at radius 3 is 2.60 bits per heavy atom. The van der Waals surface area contributed by atoms with Crippen LogP contribution >= 0.6 is 23.4 Å². The van der Waals surface area contributed by atoms with Crippen molar-refractivity contribution >= 4 is 29.2 Å². The number of amidine groups is 1. The molecule has 2 aromatic rings. The molecule has 0 atom stereocenters. The highest BCUT2D eigenvalue weighted by Crippen LogP contribution is 2.26. The van der Waals surface area contributed by atoms with E-state index >= 15 is 0 Å². The van der Waals surface area contributed by atoms with E-state index in [9.17, 15) is 0 Å². The lowest BCUT2D eigenvalue weighted by molar-refractivity contribution is 0.344. The molecule has 0 saturated heterocycles. The van der Waals surface area contributed by atoms with Crippen molar-refractivity contribution in [2.24, 2.45) is 5.73 Å². The summed E-state index contributed by atoms with van der Waals surface area (Å²) < 4.78 is 5.63. The van der Waals surface area contributed by atoms with Crippen molar-refractivity contribution in [2.45, 2.75) is 4.90 Å². The van der Waals surface area contributed by atoms with E-state index in [2.05, 4.69) is 12.1 Å². The molecule has 0 amide bonds. The summed E-state index contributed by atoms with van der Waals surface area (Å²) in [5.74, 6) is 1.46. The Kier molecular flexibility index (Phi) is 5.32. The average molecular weight is 307 g/mol. The van der Waals surface area contributed by atoms with Crippen molar-refractivity contribution in [1.29, 1.82) is 5.41 Å². The summed E-state index contributed by atoms with van der Waals surface area (Å²) in [5, 5.41) is 7.82. The normalized spacial score (nSPS) is 10.2. The summed E-state index contributed by atoms with van der Waals surface area (Å²) in [6.07, 6.45) is 0. The van der Waals surface area contributed by atoms with E-state index in [1.54, 1.807) is 30.0 Å². The molecule has 2 aromatic carbocycles. The average Bonchev–Trinajstić information content (AvgIpc) is 2.46.